The van der Waals surface area contributed by atoms with Crippen molar-refractivity contribution in [2.24, 2.45) is 5.92 Å². The van der Waals surface area contributed by atoms with Gasteiger partial charge in [0.2, 0.25) is 0 Å². The Bertz CT molecular complexity index is 151. The van der Waals surface area contributed by atoms with Gasteiger partial charge in [-0.25, -0.2) is 0 Å². The molecule has 3 heteroatoms. The van der Waals surface area contributed by atoms with E-state index in [0.717, 1.165) is 25.1 Å². The number of nitrogens with one attached hydrogen (secondary N) is 1. The Labute approximate surface area is 86.1 Å². The Kier molecular flexibility index (Phi) is 8.27. The van der Waals surface area contributed by atoms with Gasteiger partial charge in [-0.05, 0) is 37.3 Å². The van der Waals surface area contributed by atoms with Gasteiger partial charge in [0, 0.05) is 0 Å². The Morgan fingerprint density at radius 2 is 2.15 bits per heavy atom. The zero-order valence-electron chi connectivity index (χ0n) is 8.84. The number of hydrogen-bond acceptors (Lipinski definition) is 3. The second-order valence-electron chi connectivity index (χ2n) is 3.62. The minimum Gasteiger partial charge on any atom is -0.302 e. The van der Waals surface area contributed by atoms with Crippen LogP contribution < -0.4 is 5.32 Å². The molecule has 13 heavy (non-hydrogen) atoms. The maximum absolute atomic E-state index is 8.82. The Balaban J connectivity index is 3.47. The summed E-state index contributed by atoms with van der Waals surface area (Å²) in [7, 11) is 0. The molecule has 2 nitrogen and oxygen atoms in total. The number of rotatable bonds is 7. The summed E-state index contributed by atoms with van der Waals surface area (Å²) >= 11 is 1.84. The van der Waals surface area contributed by atoms with Gasteiger partial charge in [0.25, 0.3) is 0 Å². The highest BCUT2D eigenvalue weighted by Crippen LogP contribution is 2.03. The molecular formula is C10H20N2S. The van der Waals surface area contributed by atoms with E-state index in [-0.39, 0.29) is 6.04 Å². The van der Waals surface area contributed by atoms with Gasteiger partial charge in [-0.15, -0.1) is 0 Å². The van der Waals surface area contributed by atoms with Crippen molar-refractivity contribution in [2.45, 2.75) is 32.7 Å². The van der Waals surface area contributed by atoms with E-state index in [0.29, 0.717) is 5.92 Å². The predicted molar refractivity (Wildman–Crippen MR) is 59.9 cm³/mol. The summed E-state index contributed by atoms with van der Waals surface area (Å²) in [6.07, 6.45) is 4.21. The third-order valence-electron chi connectivity index (χ3n) is 1.77. The quantitative estimate of drug-likeness (QED) is 0.640. The lowest BCUT2D eigenvalue weighted by molar-refractivity contribution is 0.494. The summed E-state index contributed by atoms with van der Waals surface area (Å²) < 4.78 is 0. The van der Waals surface area contributed by atoms with Gasteiger partial charge in [0.15, 0.2) is 0 Å². The van der Waals surface area contributed by atoms with E-state index >= 15 is 0 Å². The maximum atomic E-state index is 8.82. The number of nitriles is 1. The molecular weight excluding hydrogens is 180 g/mol. The molecule has 0 rings (SSSR count). The van der Waals surface area contributed by atoms with Crippen molar-refractivity contribution in [2.75, 3.05) is 18.6 Å². The van der Waals surface area contributed by atoms with Crippen molar-refractivity contribution in [1.82, 2.24) is 5.32 Å². The first kappa shape index (κ1) is 12.8. The van der Waals surface area contributed by atoms with E-state index in [1.165, 1.54) is 0 Å². The summed E-state index contributed by atoms with van der Waals surface area (Å²) in [6, 6.07) is 2.35. The molecule has 1 unspecified atom stereocenters. The zero-order valence-corrected chi connectivity index (χ0v) is 9.66. The fourth-order valence-electron chi connectivity index (χ4n) is 1.02. The minimum absolute atomic E-state index is 0.0505. The second-order valence-corrected chi connectivity index (χ2v) is 4.60. The van der Waals surface area contributed by atoms with Crippen LogP contribution in [-0.4, -0.2) is 24.6 Å². The van der Waals surface area contributed by atoms with Crippen LogP contribution in [0.5, 0.6) is 0 Å². The topological polar surface area (TPSA) is 35.8 Å². The van der Waals surface area contributed by atoms with Crippen LogP contribution in [0.15, 0.2) is 0 Å². The molecule has 1 atom stereocenters. The maximum Gasteiger partial charge on any atom is 0.0953 e. The average Bonchev–Trinajstić information content (AvgIpc) is 2.10. The van der Waals surface area contributed by atoms with Crippen molar-refractivity contribution in [3.05, 3.63) is 0 Å². The van der Waals surface area contributed by atoms with E-state index in [1.807, 2.05) is 11.8 Å². The lowest BCUT2D eigenvalue weighted by Crippen LogP contribution is -2.30. The van der Waals surface area contributed by atoms with Gasteiger partial charge in [-0.3, -0.25) is 0 Å². The van der Waals surface area contributed by atoms with Crippen LogP contribution in [0, 0.1) is 17.2 Å². The van der Waals surface area contributed by atoms with Crippen LogP contribution in [0.2, 0.25) is 0 Å². The normalized spacial score (nSPS) is 12.8. The molecule has 0 aromatic heterocycles. The minimum atomic E-state index is 0.0505. The average molecular weight is 200 g/mol. The molecule has 0 saturated carbocycles. The molecule has 0 aliphatic rings. The molecule has 0 fully saturated rings. The van der Waals surface area contributed by atoms with Gasteiger partial charge in [-0.2, -0.15) is 17.0 Å². The van der Waals surface area contributed by atoms with E-state index < -0.39 is 0 Å². The standard InChI is InChI=1S/C10H20N2S/c1-9(2)8-12-10(7-11)5-4-6-13-3/h9-10,12H,4-6,8H2,1-3H3. The van der Waals surface area contributed by atoms with Crippen molar-refractivity contribution in [3.8, 4) is 6.07 Å². The van der Waals surface area contributed by atoms with Gasteiger partial charge < -0.3 is 5.32 Å². The molecule has 0 spiro atoms. The van der Waals surface area contributed by atoms with Crippen molar-refractivity contribution < 1.29 is 0 Å². The van der Waals surface area contributed by atoms with Crippen LogP contribution in [0.4, 0.5) is 0 Å². The van der Waals surface area contributed by atoms with Crippen LogP contribution in [0.25, 0.3) is 0 Å². The highest BCUT2D eigenvalue weighted by atomic mass is 32.2. The zero-order chi connectivity index (χ0) is 10.1. The largest absolute Gasteiger partial charge is 0.302 e. The Morgan fingerprint density at radius 3 is 2.62 bits per heavy atom. The summed E-state index contributed by atoms with van der Waals surface area (Å²) in [6.45, 7) is 5.25. The van der Waals surface area contributed by atoms with E-state index in [2.05, 4.69) is 31.5 Å². The first-order chi connectivity index (χ1) is 6.20. The number of hydrogen-bond donors (Lipinski definition) is 1. The molecule has 0 radical (unpaired) electrons. The van der Waals surface area contributed by atoms with E-state index in [4.69, 9.17) is 5.26 Å². The monoisotopic (exact) mass is 200 g/mol. The highest BCUT2D eigenvalue weighted by molar-refractivity contribution is 7.98. The van der Waals surface area contributed by atoms with E-state index in [1.54, 1.807) is 0 Å². The second kappa shape index (κ2) is 8.40. The van der Waals surface area contributed by atoms with Crippen molar-refractivity contribution in [3.63, 3.8) is 0 Å². The van der Waals surface area contributed by atoms with Gasteiger partial charge in [0.1, 0.15) is 0 Å². The van der Waals surface area contributed by atoms with Crippen LogP contribution in [-0.2, 0) is 0 Å². The Morgan fingerprint density at radius 1 is 1.46 bits per heavy atom. The third kappa shape index (κ3) is 8.14. The first-order valence-corrected chi connectivity index (χ1v) is 6.22. The molecule has 0 saturated heterocycles. The van der Waals surface area contributed by atoms with Gasteiger partial charge >= 0.3 is 0 Å². The number of thioether (sulfide) groups is 1. The molecule has 0 aromatic carbocycles. The molecule has 0 bridgehead atoms. The summed E-state index contributed by atoms with van der Waals surface area (Å²) in [5.74, 6) is 1.78. The molecule has 0 aromatic rings. The summed E-state index contributed by atoms with van der Waals surface area (Å²) in [5, 5.41) is 12.1. The molecule has 1 N–H and O–H groups in total. The van der Waals surface area contributed by atoms with Crippen LogP contribution in [0.3, 0.4) is 0 Å². The predicted octanol–water partition coefficient (Wildman–Crippen LogP) is 2.27. The first-order valence-electron chi connectivity index (χ1n) is 4.82. The summed E-state index contributed by atoms with van der Waals surface area (Å²) in [4.78, 5) is 0. The molecule has 0 amide bonds. The summed E-state index contributed by atoms with van der Waals surface area (Å²) in [5.41, 5.74) is 0. The highest BCUT2D eigenvalue weighted by Gasteiger charge is 2.05. The molecule has 76 valence electrons. The molecule has 0 aliphatic heterocycles. The van der Waals surface area contributed by atoms with Crippen LogP contribution >= 0.6 is 11.8 Å². The third-order valence-corrected chi connectivity index (χ3v) is 2.47. The van der Waals surface area contributed by atoms with Gasteiger partial charge in [0.05, 0.1) is 12.1 Å². The number of nitrogens with zero attached hydrogens (tertiary/aromatic N) is 1. The van der Waals surface area contributed by atoms with E-state index in [9.17, 15) is 0 Å². The van der Waals surface area contributed by atoms with Crippen molar-refractivity contribution in [1.29, 1.82) is 5.26 Å². The fourth-order valence-corrected chi connectivity index (χ4v) is 1.48. The van der Waals surface area contributed by atoms with Gasteiger partial charge in [-0.1, -0.05) is 13.8 Å². The lowest BCUT2D eigenvalue weighted by atomic mass is 10.1. The Hall–Kier alpha value is -0.200. The fraction of sp³-hybridized carbons (Fsp3) is 0.900. The molecule has 0 aliphatic carbocycles. The van der Waals surface area contributed by atoms with Crippen LogP contribution in [0.1, 0.15) is 26.7 Å². The smallest absolute Gasteiger partial charge is 0.0953 e. The lowest BCUT2D eigenvalue weighted by Gasteiger charge is -2.12. The molecule has 0 heterocycles. The van der Waals surface area contributed by atoms with Crippen molar-refractivity contribution >= 4 is 11.8 Å². The SMILES string of the molecule is CSCCCC(C#N)NCC(C)C.